The highest BCUT2D eigenvalue weighted by molar-refractivity contribution is 5.93. The molecule has 0 saturated carbocycles. The molecule has 1 saturated heterocycles. The molecule has 0 amide bonds. The first-order valence-corrected chi connectivity index (χ1v) is 13.9. The van der Waals surface area contributed by atoms with Crippen molar-refractivity contribution in [1.29, 1.82) is 0 Å². The van der Waals surface area contributed by atoms with Crippen LogP contribution in [0.1, 0.15) is 12.0 Å². The summed E-state index contributed by atoms with van der Waals surface area (Å²) in [6.45, 7) is 5.31. The molecule has 1 N–H and O–H groups in total. The van der Waals surface area contributed by atoms with Gasteiger partial charge in [-0.2, -0.15) is 0 Å². The number of nitrogens with one attached hydrogen (secondary N) is 1. The lowest BCUT2D eigenvalue weighted by atomic mass is 10.1. The Kier molecular flexibility index (Phi) is 8.48. The predicted octanol–water partition coefficient (Wildman–Crippen LogP) is 4.93. The van der Waals surface area contributed by atoms with Crippen molar-refractivity contribution in [2.75, 3.05) is 51.9 Å². The Hall–Kier alpha value is -4.61. The van der Waals surface area contributed by atoms with Crippen LogP contribution in [0.15, 0.2) is 73.2 Å². The third-order valence-corrected chi connectivity index (χ3v) is 7.15. The summed E-state index contributed by atoms with van der Waals surface area (Å²) < 4.78 is 32.9. The molecule has 3 aromatic carbocycles. The number of morpholine rings is 1. The van der Waals surface area contributed by atoms with E-state index >= 15 is 0 Å². The molecule has 0 bridgehead atoms. The van der Waals surface area contributed by atoms with Gasteiger partial charge in [0.05, 0.1) is 45.2 Å². The standard InChI is InChI=1S/C31H32FN7O3/c1-40-29-18-27-25(17-30(29)42-13-5-10-38-11-14-41-15-12-38)31(34-21-33-27)35-24-8-4-7-22(16-24)28-20-39(37-36-28)19-23-6-2-3-9-26(23)32/h2-4,6-9,16-18,20-21H,5,10-15,19H2,1H3,(H,33,34,35). The summed E-state index contributed by atoms with van der Waals surface area (Å²) in [6, 6.07) is 18.3. The number of hydrogen-bond acceptors (Lipinski definition) is 9. The first kappa shape index (κ1) is 27.6. The zero-order valence-corrected chi connectivity index (χ0v) is 23.4. The van der Waals surface area contributed by atoms with E-state index in [-0.39, 0.29) is 5.82 Å². The zero-order chi connectivity index (χ0) is 28.7. The van der Waals surface area contributed by atoms with Crippen LogP contribution in [0.25, 0.3) is 22.2 Å². The topological polar surface area (TPSA) is 99.5 Å². The molecule has 1 aliphatic rings. The molecule has 0 aliphatic carbocycles. The number of anilines is 2. The van der Waals surface area contributed by atoms with Gasteiger partial charge in [-0.15, -0.1) is 5.10 Å². The summed E-state index contributed by atoms with van der Waals surface area (Å²) >= 11 is 0. The molecule has 42 heavy (non-hydrogen) atoms. The van der Waals surface area contributed by atoms with E-state index in [9.17, 15) is 4.39 Å². The maximum absolute atomic E-state index is 14.1. The number of halogens is 1. The maximum Gasteiger partial charge on any atom is 0.162 e. The van der Waals surface area contributed by atoms with Crippen LogP contribution in [-0.2, 0) is 11.3 Å². The van der Waals surface area contributed by atoms with Crippen LogP contribution in [0.5, 0.6) is 11.5 Å². The highest BCUT2D eigenvalue weighted by Gasteiger charge is 2.14. The Bertz CT molecular complexity index is 1660. The van der Waals surface area contributed by atoms with Crippen LogP contribution in [0.3, 0.4) is 0 Å². The number of ether oxygens (including phenoxy) is 3. The van der Waals surface area contributed by atoms with E-state index in [1.165, 1.54) is 12.4 Å². The fourth-order valence-corrected chi connectivity index (χ4v) is 4.93. The third-order valence-electron chi connectivity index (χ3n) is 7.15. The maximum atomic E-state index is 14.1. The molecular formula is C31H32FN7O3. The SMILES string of the molecule is COc1cc2ncnc(Nc3cccc(-c4cn(Cc5ccccc5F)nn4)c3)c2cc1OCCCN1CCOCC1. The lowest BCUT2D eigenvalue weighted by Crippen LogP contribution is -2.37. The van der Waals surface area contributed by atoms with Gasteiger partial charge in [0, 0.05) is 47.9 Å². The van der Waals surface area contributed by atoms with Gasteiger partial charge in [0.2, 0.25) is 0 Å². The minimum absolute atomic E-state index is 0.267. The van der Waals surface area contributed by atoms with Gasteiger partial charge >= 0.3 is 0 Å². The van der Waals surface area contributed by atoms with Crippen molar-refractivity contribution in [3.05, 3.63) is 84.6 Å². The van der Waals surface area contributed by atoms with Gasteiger partial charge < -0.3 is 19.5 Å². The normalized spacial score (nSPS) is 13.8. The summed E-state index contributed by atoms with van der Waals surface area (Å²) in [5, 5.41) is 12.7. The van der Waals surface area contributed by atoms with Crippen molar-refractivity contribution < 1.29 is 18.6 Å². The van der Waals surface area contributed by atoms with E-state index in [0.29, 0.717) is 41.7 Å². The van der Waals surface area contributed by atoms with Crippen LogP contribution >= 0.6 is 0 Å². The molecule has 11 heteroatoms. The summed E-state index contributed by atoms with van der Waals surface area (Å²) in [4.78, 5) is 11.3. The van der Waals surface area contributed by atoms with Crippen molar-refractivity contribution in [2.45, 2.75) is 13.0 Å². The molecule has 216 valence electrons. The quantitative estimate of drug-likeness (QED) is 0.222. The van der Waals surface area contributed by atoms with Crippen LogP contribution in [-0.4, -0.2) is 76.4 Å². The van der Waals surface area contributed by atoms with Gasteiger partial charge in [-0.25, -0.2) is 19.0 Å². The van der Waals surface area contributed by atoms with Gasteiger partial charge in [-0.05, 0) is 30.7 Å². The summed E-state index contributed by atoms with van der Waals surface area (Å²) in [6.07, 6.45) is 4.22. The second-order valence-corrected chi connectivity index (χ2v) is 10.00. The molecule has 1 aliphatic heterocycles. The molecule has 0 atom stereocenters. The minimum atomic E-state index is -0.267. The van der Waals surface area contributed by atoms with Crippen LogP contribution in [0.4, 0.5) is 15.9 Å². The average molecular weight is 570 g/mol. The van der Waals surface area contributed by atoms with Crippen LogP contribution in [0.2, 0.25) is 0 Å². The number of benzene rings is 3. The number of hydrogen-bond donors (Lipinski definition) is 1. The molecular weight excluding hydrogens is 537 g/mol. The van der Waals surface area contributed by atoms with E-state index in [1.54, 1.807) is 36.2 Å². The van der Waals surface area contributed by atoms with E-state index < -0.39 is 0 Å². The monoisotopic (exact) mass is 569 g/mol. The molecule has 3 heterocycles. The Morgan fingerprint density at radius 2 is 1.88 bits per heavy atom. The Balaban J connectivity index is 1.17. The third kappa shape index (κ3) is 6.48. The minimum Gasteiger partial charge on any atom is -0.493 e. The Morgan fingerprint density at radius 3 is 2.74 bits per heavy atom. The van der Waals surface area contributed by atoms with Crippen molar-refractivity contribution in [3.8, 4) is 22.8 Å². The van der Waals surface area contributed by atoms with Gasteiger partial charge in [0.15, 0.2) is 11.5 Å². The van der Waals surface area contributed by atoms with Gasteiger partial charge in [0.25, 0.3) is 0 Å². The van der Waals surface area contributed by atoms with Gasteiger partial charge in [0.1, 0.15) is 23.7 Å². The van der Waals surface area contributed by atoms with Crippen molar-refractivity contribution in [2.24, 2.45) is 0 Å². The van der Waals surface area contributed by atoms with Crippen molar-refractivity contribution >= 4 is 22.4 Å². The second-order valence-electron chi connectivity index (χ2n) is 10.00. The molecule has 0 unspecified atom stereocenters. The highest BCUT2D eigenvalue weighted by Crippen LogP contribution is 2.35. The van der Waals surface area contributed by atoms with Crippen LogP contribution in [0, 0.1) is 5.82 Å². The van der Waals surface area contributed by atoms with E-state index in [0.717, 1.165) is 61.4 Å². The lowest BCUT2D eigenvalue weighted by Gasteiger charge is -2.26. The Labute approximate surface area is 243 Å². The van der Waals surface area contributed by atoms with Crippen LogP contribution < -0.4 is 14.8 Å². The predicted molar refractivity (Wildman–Crippen MR) is 158 cm³/mol. The van der Waals surface area contributed by atoms with Crippen molar-refractivity contribution in [3.63, 3.8) is 0 Å². The number of rotatable bonds is 11. The number of nitrogens with zero attached hydrogens (tertiary/aromatic N) is 6. The fraction of sp³-hybridized carbons (Fsp3) is 0.290. The first-order chi connectivity index (χ1) is 20.7. The number of fused-ring (bicyclic) bond motifs is 1. The molecule has 6 rings (SSSR count). The average Bonchev–Trinajstić information content (AvgIpc) is 3.50. The molecule has 0 spiro atoms. The number of methoxy groups -OCH3 is 1. The summed E-state index contributed by atoms with van der Waals surface area (Å²) in [5.41, 5.74) is 3.65. The van der Waals surface area contributed by atoms with Crippen molar-refractivity contribution in [1.82, 2.24) is 29.9 Å². The van der Waals surface area contributed by atoms with Gasteiger partial charge in [-0.1, -0.05) is 35.5 Å². The molecule has 1 fully saturated rings. The smallest absolute Gasteiger partial charge is 0.162 e. The molecule has 5 aromatic rings. The largest absolute Gasteiger partial charge is 0.493 e. The summed E-state index contributed by atoms with van der Waals surface area (Å²) in [5.74, 6) is 1.64. The fourth-order valence-electron chi connectivity index (χ4n) is 4.93. The zero-order valence-electron chi connectivity index (χ0n) is 23.4. The van der Waals surface area contributed by atoms with E-state index in [4.69, 9.17) is 14.2 Å². The van der Waals surface area contributed by atoms with E-state index in [2.05, 4.69) is 30.5 Å². The van der Waals surface area contributed by atoms with E-state index in [1.807, 2.05) is 36.4 Å². The number of aromatic nitrogens is 5. The van der Waals surface area contributed by atoms with Gasteiger partial charge in [-0.3, -0.25) is 4.90 Å². The highest BCUT2D eigenvalue weighted by atomic mass is 19.1. The molecule has 2 aromatic heterocycles. The Morgan fingerprint density at radius 1 is 1.00 bits per heavy atom. The summed E-state index contributed by atoms with van der Waals surface area (Å²) in [7, 11) is 1.63. The second kappa shape index (κ2) is 12.9. The molecule has 10 nitrogen and oxygen atoms in total. The molecule has 0 radical (unpaired) electrons. The first-order valence-electron chi connectivity index (χ1n) is 13.9. The lowest BCUT2D eigenvalue weighted by molar-refractivity contribution is 0.0357.